The first-order chi connectivity index (χ1) is 14.1. The Kier molecular flexibility index (Phi) is 4.88. The van der Waals surface area contributed by atoms with Gasteiger partial charge in [0.2, 0.25) is 0 Å². The fraction of sp³-hybridized carbons (Fsp3) is 0.458. The number of methoxy groups -OCH3 is 1. The van der Waals surface area contributed by atoms with Crippen LogP contribution in [-0.2, 0) is 17.6 Å². The van der Waals surface area contributed by atoms with E-state index in [-0.39, 0.29) is 11.9 Å². The lowest BCUT2D eigenvalue weighted by Gasteiger charge is -2.39. The van der Waals surface area contributed by atoms with Crippen LogP contribution in [0.25, 0.3) is 11.0 Å². The molecule has 0 spiro atoms. The zero-order valence-corrected chi connectivity index (χ0v) is 17.1. The van der Waals surface area contributed by atoms with Gasteiger partial charge in [-0.1, -0.05) is 12.1 Å². The van der Waals surface area contributed by atoms with Gasteiger partial charge >= 0.3 is 0 Å². The predicted molar refractivity (Wildman–Crippen MR) is 113 cm³/mol. The van der Waals surface area contributed by atoms with Gasteiger partial charge in [0.1, 0.15) is 5.82 Å². The molecule has 1 saturated heterocycles. The molecule has 5 rings (SSSR count). The Morgan fingerprint density at radius 3 is 2.86 bits per heavy atom. The van der Waals surface area contributed by atoms with Crippen molar-refractivity contribution in [2.75, 3.05) is 26.7 Å². The van der Waals surface area contributed by atoms with E-state index in [1.54, 1.807) is 12.1 Å². The monoisotopic (exact) mass is 393 g/mol. The lowest BCUT2D eigenvalue weighted by atomic mass is 9.98. The van der Waals surface area contributed by atoms with Crippen molar-refractivity contribution in [1.82, 2.24) is 14.5 Å². The number of ether oxygens (including phenoxy) is 1. The number of imidazole rings is 1. The number of hydrogen-bond donors (Lipinski definition) is 0. The average Bonchev–Trinajstić information content (AvgIpc) is 3.30. The molecule has 152 valence electrons. The summed E-state index contributed by atoms with van der Waals surface area (Å²) in [6.07, 6.45) is 5.20. The van der Waals surface area contributed by atoms with Gasteiger partial charge in [0.05, 0.1) is 29.5 Å². The van der Waals surface area contributed by atoms with E-state index in [2.05, 4.69) is 39.6 Å². The molecule has 0 N–H and O–H groups in total. The normalized spacial score (nSPS) is 24.9. The topological polar surface area (TPSA) is 30.3 Å². The van der Waals surface area contributed by atoms with Gasteiger partial charge in [-0.2, -0.15) is 0 Å². The van der Waals surface area contributed by atoms with E-state index in [0.29, 0.717) is 12.0 Å². The highest BCUT2D eigenvalue weighted by molar-refractivity contribution is 5.76. The lowest BCUT2D eigenvalue weighted by Crippen LogP contribution is -2.47. The predicted octanol–water partition coefficient (Wildman–Crippen LogP) is 4.16. The van der Waals surface area contributed by atoms with Gasteiger partial charge in [0.25, 0.3) is 0 Å². The Morgan fingerprint density at radius 1 is 1.14 bits per heavy atom. The third-order valence-electron chi connectivity index (χ3n) is 6.70. The van der Waals surface area contributed by atoms with Crippen molar-refractivity contribution in [3.05, 3.63) is 65.2 Å². The zero-order chi connectivity index (χ0) is 20.0. The minimum atomic E-state index is -0.118. The van der Waals surface area contributed by atoms with Crippen molar-refractivity contribution in [1.29, 1.82) is 0 Å². The summed E-state index contributed by atoms with van der Waals surface area (Å²) in [4.78, 5) is 7.15. The van der Waals surface area contributed by atoms with E-state index in [1.165, 1.54) is 22.2 Å². The fourth-order valence-corrected chi connectivity index (χ4v) is 5.26. The van der Waals surface area contributed by atoms with Crippen LogP contribution in [0.1, 0.15) is 29.2 Å². The van der Waals surface area contributed by atoms with Crippen molar-refractivity contribution < 1.29 is 9.13 Å². The van der Waals surface area contributed by atoms with E-state index < -0.39 is 0 Å². The minimum Gasteiger partial charge on any atom is -0.378 e. The largest absolute Gasteiger partial charge is 0.378 e. The Hall–Kier alpha value is -2.24. The van der Waals surface area contributed by atoms with Gasteiger partial charge in [-0.05, 0) is 73.1 Å². The molecule has 1 unspecified atom stereocenters. The van der Waals surface area contributed by atoms with Crippen molar-refractivity contribution >= 4 is 11.0 Å². The van der Waals surface area contributed by atoms with Gasteiger partial charge in [0.15, 0.2) is 0 Å². The maximum Gasteiger partial charge on any atom is 0.123 e. The first-order valence-corrected chi connectivity index (χ1v) is 10.6. The highest BCUT2D eigenvalue weighted by Gasteiger charge is 2.33. The second-order valence-corrected chi connectivity index (χ2v) is 8.72. The summed E-state index contributed by atoms with van der Waals surface area (Å²) >= 11 is 0. The summed E-state index contributed by atoms with van der Waals surface area (Å²) in [5.74, 6) is 0.449. The second kappa shape index (κ2) is 7.54. The molecule has 0 bridgehead atoms. The van der Waals surface area contributed by atoms with Gasteiger partial charge in [-0.15, -0.1) is 0 Å². The fourth-order valence-electron chi connectivity index (χ4n) is 5.26. The van der Waals surface area contributed by atoms with Crippen LogP contribution in [0.5, 0.6) is 0 Å². The number of benzene rings is 2. The Morgan fingerprint density at radius 2 is 2.00 bits per heavy atom. The van der Waals surface area contributed by atoms with E-state index >= 15 is 0 Å². The molecule has 2 aromatic carbocycles. The molecule has 3 aromatic rings. The first-order valence-electron chi connectivity index (χ1n) is 10.6. The van der Waals surface area contributed by atoms with Crippen LogP contribution in [-0.4, -0.2) is 47.3 Å². The molecular weight excluding hydrogens is 365 g/mol. The quantitative estimate of drug-likeness (QED) is 0.667. The number of fused-ring (bicyclic) bond motifs is 2. The maximum atomic E-state index is 13.5. The molecule has 29 heavy (non-hydrogen) atoms. The van der Waals surface area contributed by atoms with E-state index in [1.807, 2.05) is 19.5 Å². The van der Waals surface area contributed by atoms with Crippen LogP contribution in [0.2, 0.25) is 0 Å². The summed E-state index contributed by atoms with van der Waals surface area (Å²) in [6, 6.07) is 12.0. The van der Waals surface area contributed by atoms with Crippen molar-refractivity contribution in [2.45, 2.75) is 38.3 Å². The summed E-state index contributed by atoms with van der Waals surface area (Å²) in [5, 5.41) is 0. The first kappa shape index (κ1) is 18.8. The molecule has 3 atom stereocenters. The van der Waals surface area contributed by atoms with E-state index in [0.717, 1.165) is 44.4 Å². The molecular formula is C24H28FN3O. The molecule has 0 amide bonds. The molecule has 0 radical (unpaired) electrons. The SMILES string of the molecule is CO[C@H]1CN(CC2Cc3ccc(F)cc3C2)CC[C@H]1n1cnc2cc(C)ccc21. The van der Waals surface area contributed by atoms with Crippen molar-refractivity contribution in [3.8, 4) is 0 Å². The number of piperidine rings is 1. The summed E-state index contributed by atoms with van der Waals surface area (Å²) in [7, 11) is 1.82. The van der Waals surface area contributed by atoms with Crippen molar-refractivity contribution in [2.24, 2.45) is 5.92 Å². The van der Waals surface area contributed by atoms with Crippen LogP contribution >= 0.6 is 0 Å². The molecule has 0 saturated carbocycles. The summed E-state index contributed by atoms with van der Waals surface area (Å²) in [5.41, 5.74) is 5.98. The lowest BCUT2D eigenvalue weighted by molar-refractivity contribution is -0.00875. The maximum absolute atomic E-state index is 13.5. The number of nitrogens with zero attached hydrogens (tertiary/aromatic N) is 3. The molecule has 2 heterocycles. The number of aryl methyl sites for hydroxylation is 1. The van der Waals surface area contributed by atoms with E-state index in [9.17, 15) is 4.39 Å². The molecule has 4 nitrogen and oxygen atoms in total. The van der Waals surface area contributed by atoms with Crippen LogP contribution in [0.15, 0.2) is 42.7 Å². The molecule has 1 aliphatic carbocycles. The molecule has 1 aliphatic heterocycles. The number of hydrogen-bond acceptors (Lipinski definition) is 3. The smallest absolute Gasteiger partial charge is 0.123 e. The van der Waals surface area contributed by atoms with Gasteiger partial charge < -0.3 is 14.2 Å². The average molecular weight is 394 g/mol. The van der Waals surface area contributed by atoms with E-state index in [4.69, 9.17) is 4.74 Å². The standard InChI is InChI=1S/C24H28FN3O/c1-16-3-6-22-21(9-16)26-15-28(22)23-7-8-27(14-24(23)29-2)13-17-10-18-4-5-20(25)12-19(18)11-17/h3-6,9,12,15,17,23-24H,7-8,10-11,13-14H2,1-2H3/t17?,23-,24+/m1/s1. The number of rotatable bonds is 4. The Labute approximate surface area is 171 Å². The molecule has 2 aliphatic rings. The van der Waals surface area contributed by atoms with Crippen LogP contribution in [0.4, 0.5) is 4.39 Å². The second-order valence-electron chi connectivity index (χ2n) is 8.72. The van der Waals surface area contributed by atoms with Gasteiger partial charge in [-0.25, -0.2) is 9.37 Å². The number of likely N-dealkylation sites (tertiary alicyclic amines) is 1. The summed E-state index contributed by atoms with van der Waals surface area (Å²) in [6.45, 7) is 5.13. The summed E-state index contributed by atoms with van der Waals surface area (Å²) < 4.78 is 21.8. The number of aromatic nitrogens is 2. The van der Waals surface area contributed by atoms with Gasteiger partial charge in [0, 0.05) is 26.7 Å². The highest BCUT2D eigenvalue weighted by atomic mass is 19.1. The third-order valence-corrected chi connectivity index (χ3v) is 6.70. The minimum absolute atomic E-state index is 0.118. The molecule has 5 heteroatoms. The van der Waals surface area contributed by atoms with Crippen LogP contribution in [0.3, 0.4) is 0 Å². The molecule has 1 aromatic heterocycles. The molecule has 1 fully saturated rings. The Balaban J connectivity index is 1.27. The third kappa shape index (κ3) is 3.58. The highest BCUT2D eigenvalue weighted by Crippen LogP contribution is 2.32. The Bertz CT molecular complexity index is 1030. The zero-order valence-electron chi connectivity index (χ0n) is 17.1. The van der Waals surface area contributed by atoms with Crippen LogP contribution in [0, 0.1) is 18.7 Å². The van der Waals surface area contributed by atoms with Gasteiger partial charge in [-0.3, -0.25) is 0 Å². The van der Waals surface area contributed by atoms with Crippen LogP contribution < -0.4 is 0 Å². The number of halogens is 1. The van der Waals surface area contributed by atoms with Crippen molar-refractivity contribution in [3.63, 3.8) is 0 Å².